The van der Waals surface area contributed by atoms with Gasteiger partial charge in [-0.15, -0.1) is 0 Å². The summed E-state index contributed by atoms with van der Waals surface area (Å²) in [6, 6.07) is 0.202. The number of hydrogen-bond donors (Lipinski definition) is 1. The van der Waals surface area contributed by atoms with Gasteiger partial charge >= 0.3 is 0 Å². The van der Waals surface area contributed by atoms with Crippen LogP contribution in [0.2, 0.25) is 0 Å². The van der Waals surface area contributed by atoms with Crippen molar-refractivity contribution in [1.82, 2.24) is 4.72 Å². The molecular formula is C10H21F2NS. The van der Waals surface area contributed by atoms with Crippen LogP contribution in [0.1, 0.15) is 47.0 Å². The lowest BCUT2D eigenvalue weighted by Gasteiger charge is -2.23. The summed E-state index contributed by atoms with van der Waals surface area (Å²) in [6.07, 6.45) is -0.728. The highest BCUT2D eigenvalue weighted by molar-refractivity contribution is 7.98. The van der Waals surface area contributed by atoms with Crippen LogP contribution in [0, 0.1) is 0 Å². The Morgan fingerprint density at radius 2 is 1.79 bits per heavy atom. The lowest BCUT2D eigenvalue weighted by atomic mass is 10.1. The molecule has 0 fully saturated rings. The van der Waals surface area contributed by atoms with Crippen LogP contribution in [-0.2, 0) is 0 Å². The normalized spacial score (nSPS) is 14.8. The Bertz CT molecular complexity index is 146. The molecular weight excluding hydrogens is 204 g/mol. The molecule has 0 aliphatic carbocycles. The van der Waals surface area contributed by atoms with Crippen LogP contribution < -0.4 is 4.72 Å². The molecule has 0 aliphatic rings. The lowest BCUT2D eigenvalue weighted by Crippen LogP contribution is -2.27. The molecule has 14 heavy (non-hydrogen) atoms. The first-order valence-electron chi connectivity index (χ1n) is 5.07. The van der Waals surface area contributed by atoms with E-state index in [0.29, 0.717) is 6.42 Å². The summed E-state index contributed by atoms with van der Waals surface area (Å²) >= 11 is 1.62. The summed E-state index contributed by atoms with van der Waals surface area (Å²) in [5, 5.41) is 0. The fourth-order valence-electron chi connectivity index (χ4n) is 0.934. The predicted octanol–water partition coefficient (Wildman–Crippen LogP) is 3.85. The van der Waals surface area contributed by atoms with Crippen molar-refractivity contribution in [2.24, 2.45) is 0 Å². The maximum atomic E-state index is 12.0. The van der Waals surface area contributed by atoms with Crippen molar-refractivity contribution in [3.8, 4) is 0 Å². The summed E-state index contributed by atoms with van der Waals surface area (Å²) in [5.41, 5.74) is 0. The number of halogens is 2. The van der Waals surface area contributed by atoms with Crippen molar-refractivity contribution in [2.45, 2.75) is 64.2 Å². The topological polar surface area (TPSA) is 12.0 Å². The Morgan fingerprint density at radius 3 is 2.14 bits per heavy atom. The van der Waals surface area contributed by atoms with E-state index in [4.69, 9.17) is 0 Å². The number of hydrogen-bond acceptors (Lipinski definition) is 2. The molecule has 0 aromatic rings. The van der Waals surface area contributed by atoms with Crippen molar-refractivity contribution in [3.05, 3.63) is 0 Å². The summed E-state index contributed by atoms with van der Waals surface area (Å²) in [6.45, 7) is 8.33. The van der Waals surface area contributed by atoms with Gasteiger partial charge in [-0.2, -0.15) is 0 Å². The molecule has 1 unspecified atom stereocenters. The summed E-state index contributed by atoms with van der Waals surface area (Å²) in [5.74, 6) is 0. The second kappa shape index (κ2) is 6.62. The second-order valence-electron chi connectivity index (χ2n) is 4.41. The molecule has 0 aliphatic heterocycles. The average Bonchev–Trinajstić information content (AvgIpc) is 2.02. The van der Waals surface area contributed by atoms with Crippen molar-refractivity contribution in [3.63, 3.8) is 0 Å². The quantitative estimate of drug-likeness (QED) is 0.689. The van der Waals surface area contributed by atoms with E-state index in [0.717, 1.165) is 6.42 Å². The first-order chi connectivity index (χ1) is 6.35. The Kier molecular flexibility index (Phi) is 6.70. The Morgan fingerprint density at radius 1 is 1.21 bits per heavy atom. The molecule has 0 rings (SSSR count). The van der Waals surface area contributed by atoms with E-state index in [9.17, 15) is 8.78 Å². The van der Waals surface area contributed by atoms with Gasteiger partial charge in [-0.3, -0.25) is 4.72 Å². The van der Waals surface area contributed by atoms with Crippen LogP contribution in [0.15, 0.2) is 0 Å². The van der Waals surface area contributed by atoms with E-state index >= 15 is 0 Å². The van der Waals surface area contributed by atoms with Gasteiger partial charge in [0.05, 0.1) is 0 Å². The van der Waals surface area contributed by atoms with Crippen molar-refractivity contribution in [2.75, 3.05) is 0 Å². The van der Waals surface area contributed by atoms with Gasteiger partial charge in [0.15, 0.2) is 0 Å². The van der Waals surface area contributed by atoms with E-state index in [1.807, 2.05) is 6.92 Å². The lowest BCUT2D eigenvalue weighted by molar-refractivity contribution is 0.131. The standard InChI is InChI=1S/C10H21F2NS/c1-5-8(6-7-9(11)12)13-14-10(2,3)4/h8-9,13H,5-7H2,1-4H3. The van der Waals surface area contributed by atoms with Gasteiger partial charge in [0, 0.05) is 17.2 Å². The third-order valence-electron chi connectivity index (χ3n) is 1.76. The maximum absolute atomic E-state index is 12.0. The van der Waals surface area contributed by atoms with Gasteiger partial charge < -0.3 is 0 Å². The highest BCUT2D eigenvalue weighted by atomic mass is 32.2. The van der Waals surface area contributed by atoms with Gasteiger partial charge in [-0.1, -0.05) is 18.9 Å². The molecule has 0 saturated carbocycles. The Labute approximate surface area is 90.2 Å². The van der Waals surface area contributed by atoms with Crippen LogP contribution in [0.5, 0.6) is 0 Å². The molecule has 0 spiro atoms. The molecule has 0 amide bonds. The van der Waals surface area contributed by atoms with E-state index in [1.165, 1.54) is 0 Å². The number of rotatable bonds is 6. The minimum Gasteiger partial charge on any atom is -0.261 e. The number of alkyl halides is 2. The molecule has 0 saturated heterocycles. The third-order valence-corrected chi connectivity index (χ3v) is 2.82. The minimum atomic E-state index is -2.18. The summed E-state index contributed by atoms with van der Waals surface area (Å²) in [7, 11) is 0. The Balaban J connectivity index is 3.69. The average molecular weight is 225 g/mol. The van der Waals surface area contributed by atoms with Crippen LogP contribution >= 0.6 is 11.9 Å². The molecule has 0 bridgehead atoms. The van der Waals surface area contributed by atoms with Crippen LogP contribution in [0.25, 0.3) is 0 Å². The van der Waals surface area contributed by atoms with Gasteiger partial charge in [0.2, 0.25) is 6.43 Å². The monoisotopic (exact) mass is 225 g/mol. The zero-order valence-electron chi connectivity index (χ0n) is 9.44. The van der Waals surface area contributed by atoms with E-state index in [1.54, 1.807) is 11.9 Å². The SMILES string of the molecule is CCC(CCC(F)F)NSC(C)(C)C. The van der Waals surface area contributed by atoms with E-state index < -0.39 is 6.43 Å². The van der Waals surface area contributed by atoms with Crippen LogP contribution in [0.4, 0.5) is 8.78 Å². The van der Waals surface area contributed by atoms with E-state index in [-0.39, 0.29) is 17.2 Å². The highest BCUT2D eigenvalue weighted by Gasteiger charge is 2.15. The van der Waals surface area contributed by atoms with Crippen molar-refractivity contribution >= 4 is 11.9 Å². The second-order valence-corrected chi connectivity index (χ2v) is 6.07. The smallest absolute Gasteiger partial charge is 0.238 e. The largest absolute Gasteiger partial charge is 0.261 e. The molecule has 1 N–H and O–H groups in total. The van der Waals surface area contributed by atoms with Gasteiger partial charge in [-0.25, -0.2) is 8.78 Å². The van der Waals surface area contributed by atoms with Gasteiger partial charge in [0.1, 0.15) is 0 Å². The molecule has 86 valence electrons. The first kappa shape index (κ1) is 14.2. The molecule has 0 aromatic heterocycles. The predicted molar refractivity (Wildman–Crippen MR) is 59.8 cm³/mol. The Hall–Kier alpha value is 0.170. The maximum Gasteiger partial charge on any atom is 0.238 e. The highest BCUT2D eigenvalue weighted by Crippen LogP contribution is 2.22. The molecule has 0 heterocycles. The fourth-order valence-corrected chi connectivity index (χ4v) is 1.74. The zero-order valence-corrected chi connectivity index (χ0v) is 10.3. The zero-order chi connectivity index (χ0) is 11.2. The summed E-state index contributed by atoms with van der Waals surface area (Å²) < 4.78 is 27.3. The number of nitrogens with one attached hydrogen (secondary N) is 1. The van der Waals surface area contributed by atoms with Crippen LogP contribution in [0.3, 0.4) is 0 Å². The molecule has 4 heteroatoms. The molecule has 1 nitrogen and oxygen atoms in total. The van der Waals surface area contributed by atoms with Gasteiger partial charge in [-0.05, 0) is 33.6 Å². The fraction of sp³-hybridized carbons (Fsp3) is 1.00. The van der Waals surface area contributed by atoms with Gasteiger partial charge in [0.25, 0.3) is 0 Å². The first-order valence-corrected chi connectivity index (χ1v) is 5.88. The summed E-state index contributed by atoms with van der Waals surface area (Å²) in [4.78, 5) is 0. The van der Waals surface area contributed by atoms with Crippen molar-refractivity contribution in [1.29, 1.82) is 0 Å². The van der Waals surface area contributed by atoms with Crippen LogP contribution in [-0.4, -0.2) is 17.2 Å². The molecule has 0 aromatic carbocycles. The van der Waals surface area contributed by atoms with Crippen molar-refractivity contribution < 1.29 is 8.78 Å². The minimum absolute atomic E-state index is 0.00376. The molecule has 0 radical (unpaired) electrons. The van der Waals surface area contributed by atoms with E-state index in [2.05, 4.69) is 25.5 Å². The molecule has 1 atom stereocenters. The third kappa shape index (κ3) is 8.75.